The summed E-state index contributed by atoms with van der Waals surface area (Å²) in [6.07, 6.45) is 1.79. The quantitative estimate of drug-likeness (QED) is 0.843. The predicted octanol–water partition coefficient (Wildman–Crippen LogP) is 2.96. The zero-order chi connectivity index (χ0) is 17.0. The fraction of sp³-hybridized carbons (Fsp3) is 0.688. The molecule has 1 fully saturated rings. The maximum absolute atomic E-state index is 12.3. The van der Waals surface area contributed by atoms with Crippen LogP contribution < -0.4 is 0 Å². The Morgan fingerprint density at radius 2 is 2.17 bits per heavy atom. The molecule has 1 aliphatic heterocycles. The Balaban J connectivity index is 1.90. The molecule has 1 saturated heterocycles. The normalized spacial score (nSPS) is 18.5. The predicted molar refractivity (Wildman–Crippen MR) is 89.3 cm³/mol. The molecule has 0 aromatic carbocycles. The summed E-state index contributed by atoms with van der Waals surface area (Å²) in [6, 6.07) is 3.78. The third-order valence-electron chi connectivity index (χ3n) is 3.65. The van der Waals surface area contributed by atoms with Gasteiger partial charge in [-0.2, -0.15) is 5.10 Å². The van der Waals surface area contributed by atoms with E-state index in [1.165, 1.54) is 0 Å². The summed E-state index contributed by atoms with van der Waals surface area (Å²) in [5.74, 6) is 0. The molecule has 1 amide bonds. The number of likely N-dealkylation sites (tertiary alicyclic amines) is 1. The fourth-order valence-electron chi connectivity index (χ4n) is 2.72. The van der Waals surface area contributed by atoms with Gasteiger partial charge in [-0.3, -0.25) is 4.90 Å². The van der Waals surface area contributed by atoms with Crippen LogP contribution in [0, 0.1) is 0 Å². The van der Waals surface area contributed by atoms with E-state index >= 15 is 0 Å². The molecular formula is C16H25ClN4O2. The summed E-state index contributed by atoms with van der Waals surface area (Å²) < 4.78 is 5.50. The number of aromatic nitrogens is 2. The van der Waals surface area contributed by atoms with E-state index in [4.69, 9.17) is 16.3 Å². The van der Waals surface area contributed by atoms with E-state index in [0.29, 0.717) is 11.7 Å². The third kappa shape index (κ3) is 5.62. The van der Waals surface area contributed by atoms with Gasteiger partial charge in [0.2, 0.25) is 0 Å². The molecule has 128 valence electrons. The molecule has 0 spiro atoms. The molecule has 0 unspecified atom stereocenters. The van der Waals surface area contributed by atoms with Gasteiger partial charge in [-0.05, 0) is 52.8 Å². The first-order chi connectivity index (χ1) is 10.7. The molecule has 1 aromatic heterocycles. The SMILES string of the molecule is CN(Cc1ccc(Cl)nn1)C[C@@H]1CCCN1C(=O)OC(C)(C)C. The zero-order valence-corrected chi connectivity index (χ0v) is 15.0. The van der Waals surface area contributed by atoms with E-state index < -0.39 is 5.60 Å². The Morgan fingerprint density at radius 1 is 1.43 bits per heavy atom. The minimum absolute atomic E-state index is 0.176. The van der Waals surface area contributed by atoms with Gasteiger partial charge in [0.15, 0.2) is 5.15 Å². The van der Waals surface area contributed by atoms with Crippen molar-refractivity contribution < 1.29 is 9.53 Å². The largest absolute Gasteiger partial charge is 0.444 e. The number of amides is 1. The van der Waals surface area contributed by atoms with Crippen LogP contribution in [0.4, 0.5) is 4.79 Å². The molecule has 23 heavy (non-hydrogen) atoms. The van der Waals surface area contributed by atoms with E-state index in [2.05, 4.69) is 15.1 Å². The van der Waals surface area contributed by atoms with Crippen LogP contribution in [0.1, 0.15) is 39.3 Å². The second-order valence-corrected chi connectivity index (χ2v) is 7.40. The van der Waals surface area contributed by atoms with Crippen LogP contribution in [-0.4, -0.2) is 57.9 Å². The van der Waals surface area contributed by atoms with Crippen molar-refractivity contribution in [3.63, 3.8) is 0 Å². The van der Waals surface area contributed by atoms with Gasteiger partial charge < -0.3 is 9.64 Å². The van der Waals surface area contributed by atoms with Crippen LogP contribution in [0.3, 0.4) is 0 Å². The van der Waals surface area contributed by atoms with E-state index in [-0.39, 0.29) is 12.1 Å². The third-order valence-corrected chi connectivity index (χ3v) is 3.85. The monoisotopic (exact) mass is 340 g/mol. The molecule has 1 aliphatic rings. The number of rotatable bonds is 4. The van der Waals surface area contributed by atoms with Gasteiger partial charge in [0.1, 0.15) is 5.60 Å². The van der Waals surface area contributed by atoms with E-state index in [1.54, 1.807) is 6.07 Å². The van der Waals surface area contributed by atoms with E-state index in [0.717, 1.165) is 31.6 Å². The Morgan fingerprint density at radius 3 is 2.78 bits per heavy atom. The van der Waals surface area contributed by atoms with Crippen LogP contribution >= 0.6 is 11.6 Å². The molecule has 0 bridgehead atoms. The first-order valence-corrected chi connectivity index (χ1v) is 8.28. The average molecular weight is 341 g/mol. The van der Waals surface area contributed by atoms with Crippen molar-refractivity contribution in [3.05, 3.63) is 23.0 Å². The van der Waals surface area contributed by atoms with Crippen molar-refractivity contribution in [2.45, 2.75) is 51.8 Å². The first-order valence-electron chi connectivity index (χ1n) is 7.91. The summed E-state index contributed by atoms with van der Waals surface area (Å²) in [5.41, 5.74) is 0.397. The van der Waals surface area contributed by atoms with Gasteiger partial charge in [-0.1, -0.05) is 11.6 Å². The highest BCUT2D eigenvalue weighted by Gasteiger charge is 2.32. The molecule has 0 saturated carbocycles. The smallest absolute Gasteiger partial charge is 0.410 e. The van der Waals surface area contributed by atoms with E-state index in [9.17, 15) is 4.79 Å². The van der Waals surface area contributed by atoms with Crippen molar-refractivity contribution in [3.8, 4) is 0 Å². The molecule has 0 N–H and O–H groups in total. The lowest BCUT2D eigenvalue weighted by Gasteiger charge is -2.30. The van der Waals surface area contributed by atoms with Crippen molar-refractivity contribution in [2.24, 2.45) is 0 Å². The van der Waals surface area contributed by atoms with Gasteiger partial charge in [-0.25, -0.2) is 4.79 Å². The Bertz CT molecular complexity index is 530. The Hall–Kier alpha value is -1.40. The molecule has 2 heterocycles. The minimum Gasteiger partial charge on any atom is -0.444 e. The number of carbonyl (C=O) groups is 1. The molecule has 6 nitrogen and oxygen atoms in total. The second-order valence-electron chi connectivity index (χ2n) is 7.01. The van der Waals surface area contributed by atoms with Crippen molar-refractivity contribution in [2.75, 3.05) is 20.1 Å². The number of hydrogen-bond donors (Lipinski definition) is 0. The lowest BCUT2D eigenvalue weighted by molar-refractivity contribution is 0.0201. The molecule has 1 aromatic rings. The lowest BCUT2D eigenvalue weighted by atomic mass is 10.2. The van der Waals surface area contributed by atoms with Crippen LogP contribution in [0.5, 0.6) is 0 Å². The fourth-order valence-corrected chi connectivity index (χ4v) is 2.82. The van der Waals surface area contributed by atoms with E-state index in [1.807, 2.05) is 38.8 Å². The van der Waals surface area contributed by atoms with Crippen LogP contribution in [0.15, 0.2) is 12.1 Å². The average Bonchev–Trinajstić information content (AvgIpc) is 2.87. The lowest BCUT2D eigenvalue weighted by Crippen LogP contribution is -2.44. The summed E-state index contributed by atoms with van der Waals surface area (Å²) in [4.78, 5) is 16.3. The van der Waals surface area contributed by atoms with Gasteiger partial charge in [0, 0.05) is 25.7 Å². The highest BCUT2D eigenvalue weighted by atomic mass is 35.5. The number of hydrogen-bond acceptors (Lipinski definition) is 5. The standard InChI is InChI=1S/C16H25ClN4O2/c1-16(2,3)23-15(22)21-9-5-6-13(21)11-20(4)10-12-7-8-14(17)19-18-12/h7-8,13H,5-6,9-11H2,1-4H3/t13-/m0/s1. The summed E-state index contributed by atoms with van der Waals surface area (Å²) >= 11 is 5.75. The van der Waals surface area contributed by atoms with Gasteiger partial charge >= 0.3 is 6.09 Å². The maximum Gasteiger partial charge on any atom is 0.410 e. The molecule has 7 heteroatoms. The summed E-state index contributed by atoms with van der Waals surface area (Å²) in [6.45, 7) is 7.88. The van der Waals surface area contributed by atoms with Crippen molar-refractivity contribution >= 4 is 17.7 Å². The maximum atomic E-state index is 12.3. The number of likely N-dealkylation sites (N-methyl/N-ethyl adjacent to an activating group) is 1. The minimum atomic E-state index is -0.463. The number of carbonyl (C=O) groups excluding carboxylic acids is 1. The molecule has 2 rings (SSSR count). The van der Waals surface area contributed by atoms with Crippen LogP contribution in [-0.2, 0) is 11.3 Å². The highest BCUT2D eigenvalue weighted by molar-refractivity contribution is 6.29. The van der Waals surface area contributed by atoms with Gasteiger partial charge in [-0.15, -0.1) is 5.10 Å². The Kier molecular flexibility index (Phi) is 5.81. The van der Waals surface area contributed by atoms with Gasteiger partial charge in [0.05, 0.1) is 5.69 Å². The topological polar surface area (TPSA) is 58.6 Å². The summed E-state index contributed by atoms with van der Waals surface area (Å²) in [7, 11) is 2.02. The number of nitrogens with zero attached hydrogens (tertiary/aromatic N) is 4. The molecule has 0 radical (unpaired) electrons. The zero-order valence-electron chi connectivity index (χ0n) is 14.3. The van der Waals surface area contributed by atoms with Crippen LogP contribution in [0.25, 0.3) is 0 Å². The summed E-state index contributed by atoms with van der Waals surface area (Å²) in [5, 5.41) is 8.31. The molecule has 0 aliphatic carbocycles. The Labute approximate surface area is 142 Å². The second kappa shape index (κ2) is 7.45. The van der Waals surface area contributed by atoms with Gasteiger partial charge in [0.25, 0.3) is 0 Å². The molecular weight excluding hydrogens is 316 g/mol. The number of halogens is 1. The number of ether oxygens (including phenoxy) is 1. The molecule has 1 atom stereocenters. The van der Waals surface area contributed by atoms with Crippen molar-refractivity contribution in [1.29, 1.82) is 0 Å². The first kappa shape index (κ1) is 17.9. The highest BCUT2D eigenvalue weighted by Crippen LogP contribution is 2.21. The van der Waals surface area contributed by atoms with Crippen LogP contribution in [0.2, 0.25) is 5.15 Å². The van der Waals surface area contributed by atoms with Crippen molar-refractivity contribution in [1.82, 2.24) is 20.0 Å².